The minimum absolute atomic E-state index is 0.00305. The highest BCUT2D eigenvalue weighted by atomic mass is 32.2. The summed E-state index contributed by atoms with van der Waals surface area (Å²) in [5.41, 5.74) is 11.3. The number of hydrogen-bond donors (Lipinski definition) is 7. The van der Waals surface area contributed by atoms with Gasteiger partial charge in [-0.2, -0.15) is 11.8 Å². The Bertz CT molecular complexity index is 850. The number of rotatable bonds is 14. The number of carboxylic acid groups (broad SMARTS) is 1. The van der Waals surface area contributed by atoms with Crippen LogP contribution in [-0.2, 0) is 30.4 Å². The van der Waals surface area contributed by atoms with Gasteiger partial charge in [-0.1, -0.05) is 12.1 Å². The Morgan fingerprint density at radius 3 is 2.21 bits per heavy atom. The number of hydrogen-bond acceptors (Lipinski definition) is 8. The second-order valence-electron chi connectivity index (χ2n) is 7.17. The Balaban J connectivity index is 2.86. The van der Waals surface area contributed by atoms with Gasteiger partial charge in [-0.25, -0.2) is 4.79 Å². The summed E-state index contributed by atoms with van der Waals surface area (Å²) < 4.78 is 0. The SMILES string of the molecule is CSCCC(N)C(=O)NCC(=O)NC(Cc1ccc(O)cc1)C(=O)NC(CC(N)=O)C(=O)O. The number of carbonyl (C=O) groups excluding carboxylic acids is 4. The average molecular weight is 484 g/mol. The van der Waals surface area contributed by atoms with E-state index in [1.54, 1.807) is 0 Å². The molecular formula is C20H29N5O7S. The van der Waals surface area contributed by atoms with Crippen LogP contribution in [0.4, 0.5) is 0 Å². The molecule has 3 unspecified atom stereocenters. The lowest BCUT2D eigenvalue weighted by Gasteiger charge is -2.21. The Morgan fingerprint density at radius 2 is 1.67 bits per heavy atom. The van der Waals surface area contributed by atoms with Gasteiger partial charge >= 0.3 is 5.97 Å². The number of phenols is 1. The molecule has 4 amide bonds. The number of amides is 4. The molecule has 0 saturated heterocycles. The maximum absolute atomic E-state index is 12.7. The summed E-state index contributed by atoms with van der Waals surface area (Å²) in [5, 5.41) is 25.6. The molecule has 1 aromatic carbocycles. The lowest BCUT2D eigenvalue weighted by atomic mass is 10.0. The maximum Gasteiger partial charge on any atom is 0.326 e. The van der Waals surface area contributed by atoms with Crippen LogP contribution in [0, 0.1) is 0 Å². The average Bonchev–Trinajstić information content (AvgIpc) is 2.75. The fraction of sp³-hybridized carbons (Fsp3) is 0.450. The molecule has 0 aliphatic rings. The summed E-state index contributed by atoms with van der Waals surface area (Å²) >= 11 is 1.53. The van der Waals surface area contributed by atoms with Crippen molar-refractivity contribution in [2.75, 3.05) is 18.6 Å². The fourth-order valence-corrected chi connectivity index (χ4v) is 3.16. The van der Waals surface area contributed by atoms with Crippen molar-refractivity contribution < 1.29 is 34.2 Å². The van der Waals surface area contributed by atoms with Crippen molar-refractivity contribution in [1.82, 2.24) is 16.0 Å². The number of phenolic OH excluding ortho intramolecular Hbond substituents is 1. The molecule has 9 N–H and O–H groups in total. The smallest absolute Gasteiger partial charge is 0.326 e. The first-order valence-electron chi connectivity index (χ1n) is 9.94. The van der Waals surface area contributed by atoms with Crippen LogP contribution in [0.1, 0.15) is 18.4 Å². The molecule has 3 atom stereocenters. The van der Waals surface area contributed by atoms with Gasteiger partial charge in [-0.3, -0.25) is 19.2 Å². The van der Waals surface area contributed by atoms with Gasteiger partial charge in [0.2, 0.25) is 23.6 Å². The standard InChI is InChI=1S/C20H29N5O7S/c1-33-7-6-13(21)18(29)23-10-17(28)24-14(8-11-2-4-12(26)5-3-11)19(30)25-15(20(31)32)9-16(22)27/h2-5,13-15,26H,6-10,21H2,1H3,(H2,22,27)(H,23,29)(H,24,28)(H,25,30)(H,31,32). The van der Waals surface area contributed by atoms with E-state index in [2.05, 4.69) is 16.0 Å². The first-order valence-corrected chi connectivity index (χ1v) is 11.3. The first kappa shape index (κ1) is 27.7. The first-order chi connectivity index (χ1) is 15.5. The summed E-state index contributed by atoms with van der Waals surface area (Å²) in [4.78, 5) is 59.5. The molecule has 0 aliphatic carbocycles. The van der Waals surface area contributed by atoms with Gasteiger partial charge in [0.05, 0.1) is 19.0 Å². The van der Waals surface area contributed by atoms with Crippen LogP contribution in [0.15, 0.2) is 24.3 Å². The van der Waals surface area contributed by atoms with E-state index in [0.29, 0.717) is 17.7 Å². The maximum atomic E-state index is 12.7. The van der Waals surface area contributed by atoms with Gasteiger partial charge in [0.15, 0.2) is 0 Å². The number of carbonyl (C=O) groups is 5. The normalized spacial score (nSPS) is 13.3. The highest BCUT2D eigenvalue weighted by Gasteiger charge is 2.28. The molecule has 33 heavy (non-hydrogen) atoms. The lowest BCUT2D eigenvalue weighted by Crippen LogP contribution is -2.55. The van der Waals surface area contributed by atoms with E-state index < -0.39 is 60.7 Å². The molecule has 0 radical (unpaired) electrons. The number of primary amides is 1. The van der Waals surface area contributed by atoms with Crippen LogP contribution in [0.2, 0.25) is 0 Å². The number of carboxylic acids is 1. The Morgan fingerprint density at radius 1 is 1.03 bits per heavy atom. The summed E-state index contributed by atoms with van der Waals surface area (Å²) in [6, 6.07) is 2.21. The Hall–Kier alpha value is -3.32. The largest absolute Gasteiger partial charge is 0.508 e. The fourth-order valence-electron chi connectivity index (χ4n) is 2.67. The van der Waals surface area contributed by atoms with Gasteiger partial charge in [0.1, 0.15) is 17.8 Å². The van der Waals surface area contributed by atoms with Gasteiger partial charge in [0.25, 0.3) is 0 Å². The number of nitrogens with one attached hydrogen (secondary N) is 3. The third-order valence-electron chi connectivity index (χ3n) is 4.44. The minimum atomic E-state index is -1.58. The number of aliphatic carboxylic acids is 1. The lowest BCUT2D eigenvalue weighted by molar-refractivity contribution is -0.143. The van der Waals surface area contributed by atoms with Crippen molar-refractivity contribution in [3.8, 4) is 5.75 Å². The second-order valence-corrected chi connectivity index (χ2v) is 8.15. The summed E-state index contributed by atoms with van der Waals surface area (Å²) in [5.74, 6) is -3.83. The van der Waals surface area contributed by atoms with Crippen molar-refractivity contribution >= 4 is 41.4 Å². The second kappa shape index (κ2) is 14.0. The van der Waals surface area contributed by atoms with Crippen molar-refractivity contribution in [3.05, 3.63) is 29.8 Å². The Kier molecular flexibility index (Phi) is 11.7. The summed E-state index contributed by atoms with van der Waals surface area (Å²) in [6.07, 6.45) is 1.61. The number of thioether (sulfide) groups is 1. The molecule has 0 saturated carbocycles. The molecule has 0 heterocycles. The van der Waals surface area contributed by atoms with E-state index in [4.69, 9.17) is 11.5 Å². The van der Waals surface area contributed by atoms with Crippen LogP contribution in [0.3, 0.4) is 0 Å². The van der Waals surface area contributed by atoms with E-state index in [1.165, 1.54) is 36.0 Å². The Labute approximate surface area is 194 Å². The number of nitrogens with two attached hydrogens (primary N) is 2. The summed E-state index contributed by atoms with van der Waals surface area (Å²) in [6.45, 7) is -0.450. The van der Waals surface area contributed by atoms with Crippen molar-refractivity contribution in [1.29, 1.82) is 0 Å². The van der Waals surface area contributed by atoms with E-state index >= 15 is 0 Å². The molecule has 12 nitrogen and oxygen atoms in total. The molecule has 0 aromatic heterocycles. The predicted octanol–water partition coefficient (Wildman–Crippen LogP) is -1.94. The van der Waals surface area contributed by atoms with Gasteiger partial charge in [-0.05, 0) is 36.1 Å². The molecule has 13 heteroatoms. The zero-order chi connectivity index (χ0) is 25.0. The number of aromatic hydroxyl groups is 1. The molecule has 1 aromatic rings. The van der Waals surface area contributed by atoms with Crippen LogP contribution in [0.25, 0.3) is 0 Å². The highest BCUT2D eigenvalue weighted by Crippen LogP contribution is 2.12. The molecular weight excluding hydrogens is 454 g/mol. The minimum Gasteiger partial charge on any atom is -0.508 e. The van der Waals surface area contributed by atoms with E-state index in [0.717, 1.165) is 0 Å². The van der Waals surface area contributed by atoms with Gasteiger partial charge in [0, 0.05) is 6.42 Å². The molecule has 0 bridgehead atoms. The third kappa shape index (κ3) is 10.7. The van der Waals surface area contributed by atoms with Crippen LogP contribution >= 0.6 is 11.8 Å². The van der Waals surface area contributed by atoms with E-state index in [1.807, 2.05) is 6.26 Å². The zero-order valence-electron chi connectivity index (χ0n) is 18.1. The van der Waals surface area contributed by atoms with Crippen molar-refractivity contribution in [2.45, 2.75) is 37.4 Å². The van der Waals surface area contributed by atoms with Crippen LogP contribution in [0.5, 0.6) is 5.75 Å². The van der Waals surface area contributed by atoms with E-state index in [-0.39, 0.29) is 12.2 Å². The quantitative estimate of drug-likeness (QED) is 0.156. The van der Waals surface area contributed by atoms with Crippen LogP contribution in [-0.4, -0.2) is 76.5 Å². The van der Waals surface area contributed by atoms with Crippen LogP contribution < -0.4 is 27.4 Å². The molecule has 182 valence electrons. The van der Waals surface area contributed by atoms with E-state index in [9.17, 15) is 34.2 Å². The zero-order valence-corrected chi connectivity index (χ0v) is 18.9. The highest BCUT2D eigenvalue weighted by molar-refractivity contribution is 7.98. The third-order valence-corrected chi connectivity index (χ3v) is 5.08. The molecule has 0 spiro atoms. The molecule has 0 fully saturated rings. The monoisotopic (exact) mass is 483 g/mol. The number of benzene rings is 1. The molecule has 1 rings (SSSR count). The predicted molar refractivity (Wildman–Crippen MR) is 121 cm³/mol. The van der Waals surface area contributed by atoms with Crippen molar-refractivity contribution in [3.63, 3.8) is 0 Å². The van der Waals surface area contributed by atoms with Gasteiger partial charge in [-0.15, -0.1) is 0 Å². The molecule has 0 aliphatic heterocycles. The van der Waals surface area contributed by atoms with Gasteiger partial charge < -0.3 is 37.6 Å². The van der Waals surface area contributed by atoms with Crippen molar-refractivity contribution in [2.24, 2.45) is 11.5 Å². The summed E-state index contributed by atoms with van der Waals surface area (Å²) in [7, 11) is 0. The topological polar surface area (TPSA) is 214 Å².